The predicted molar refractivity (Wildman–Crippen MR) is 89.6 cm³/mol. The third-order valence-electron chi connectivity index (χ3n) is 2.74. The van der Waals surface area contributed by atoms with Crippen LogP contribution < -0.4 is 11.1 Å². The van der Waals surface area contributed by atoms with E-state index in [0.29, 0.717) is 12.5 Å². The number of nitrogens with one attached hydrogen (secondary N) is 1. The minimum atomic E-state index is -0.162. The van der Waals surface area contributed by atoms with E-state index in [1.165, 1.54) is 0 Å². The summed E-state index contributed by atoms with van der Waals surface area (Å²) in [7, 11) is 0. The Morgan fingerprint density at radius 3 is 2.71 bits per heavy atom. The second kappa shape index (κ2) is 8.17. The van der Waals surface area contributed by atoms with Gasteiger partial charge in [-0.25, -0.2) is 4.98 Å². The predicted octanol–water partition coefficient (Wildman–Crippen LogP) is 2.79. The molecular formula is C14H18BrClN4O. The Hall–Kier alpha value is -1.37. The van der Waals surface area contributed by atoms with Crippen LogP contribution in [0.2, 0.25) is 0 Å². The number of benzene rings is 1. The van der Waals surface area contributed by atoms with E-state index < -0.39 is 0 Å². The van der Waals surface area contributed by atoms with E-state index in [2.05, 4.69) is 26.2 Å². The Bertz CT molecular complexity index is 583. The first-order chi connectivity index (χ1) is 9.54. The lowest BCUT2D eigenvalue weighted by Gasteiger charge is -2.10. The summed E-state index contributed by atoms with van der Waals surface area (Å²) in [6.45, 7) is 2.45. The largest absolute Gasteiger partial charge is 0.327 e. The molecule has 5 nitrogen and oxygen atoms in total. The number of anilines is 1. The molecule has 114 valence electrons. The molecule has 1 atom stereocenters. The highest BCUT2D eigenvalue weighted by Crippen LogP contribution is 2.14. The van der Waals surface area contributed by atoms with Gasteiger partial charge in [0.1, 0.15) is 0 Å². The summed E-state index contributed by atoms with van der Waals surface area (Å²) in [6.07, 6.45) is 3.79. The summed E-state index contributed by atoms with van der Waals surface area (Å²) < 4.78 is 2.93. The zero-order valence-corrected chi connectivity index (χ0v) is 14.0. The van der Waals surface area contributed by atoms with Gasteiger partial charge in [0.25, 0.3) is 0 Å². The molecule has 0 aliphatic carbocycles. The topological polar surface area (TPSA) is 72.9 Å². The molecule has 7 heteroatoms. The van der Waals surface area contributed by atoms with Crippen LogP contribution in [-0.4, -0.2) is 21.5 Å². The van der Waals surface area contributed by atoms with Crippen LogP contribution in [-0.2, 0) is 11.3 Å². The van der Waals surface area contributed by atoms with Crippen LogP contribution >= 0.6 is 28.3 Å². The maximum atomic E-state index is 11.7. The van der Waals surface area contributed by atoms with Crippen molar-refractivity contribution in [2.45, 2.75) is 25.9 Å². The molecule has 21 heavy (non-hydrogen) atoms. The van der Waals surface area contributed by atoms with Crippen LogP contribution in [0.15, 0.2) is 41.1 Å². The van der Waals surface area contributed by atoms with Crippen LogP contribution in [0, 0.1) is 0 Å². The molecule has 1 aromatic heterocycles. The van der Waals surface area contributed by atoms with Gasteiger partial charge in [0.05, 0.1) is 6.54 Å². The van der Waals surface area contributed by atoms with E-state index in [0.717, 1.165) is 10.0 Å². The van der Waals surface area contributed by atoms with Crippen molar-refractivity contribution in [1.29, 1.82) is 0 Å². The molecule has 0 fully saturated rings. The summed E-state index contributed by atoms with van der Waals surface area (Å²) in [4.78, 5) is 15.9. The number of carbonyl (C=O) groups is 1. The van der Waals surface area contributed by atoms with E-state index in [1.54, 1.807) is 13.1 Å². The van der Waals surface area contributed by atoms with Crippen molar-refractivity contribution in [2.75, 3.05) is 5.32 Å². The van der Waals surface area contributed by atoms with Gasteiger partial charge in [-0.2, -0.15) is 0 Å². The number of aromatic nitrogens is 2. The minimum absolute atomic E-state index is 0. The minimum Gasteiger partial charge on any atom is -0.327 e. The summed E-state index contributed by atoms with van der Waals surface area (Å²) >= 11 is 3.41. The number of nitrogens with zero attached hydrogens (tertiary/aromatic N) is 2. The lowest BCUT2D eigenvalue weighted by molar-refractivity contribution is -0.116. The highest BCUT2D eigenvalue weighted by atomic mass is 79.9. The van der Waals surface area contributed by atoms with Gasteiger partial charge in [0.2, 0.25) is 11.9 Å². The molecule has 0 bridgehead atoms. The van der Waals surface area contributed by atoms with Gasteiger partial charge < -0.3 is 10.3 Å². The number of carbonyl (C=O) groups excluding carboxylic acids is 1. The maximum absolute atomic E-state index is 11.7. The SMILES string of the molecule is CC(N)CC(=O)Nc1nccn1Cc1ccc(Br)cc1.Cl. The summed E-state index contributed by atoms with van der Waals surface area (Å²) in [6, 6.07) is 7.86. The number of amides is 1. The molecule has 2 aromatic rings. The van der Waals surface area contributed by atoms with E-state index in [4.69, 9.17) is 5.73 Å². The Balaban J connectivity index is 0.00000220. The number of halogens is 2. The molecule has 0 saturated heterocycles. The number of imidazole rings is 1. The Morgan fingerprint density at radius 2 is 2.10 bits per heavy atom. The smallest absolute Gasteiger partial charge is 0.228 e. The van der Waals surface area contributed by atoms with E-state index in [-0.39, 0.29) is 30.8 Å². The standard InChI is InChI=1S/C14H17BrN4O.ClH/c1-10(16)8-13(20)18-14-17-6-7-19(14)9-11-2-4-12(15)5-3-11;/h2-7,10H,8-9,16H2,1H3,(H,17,18,20);1H. The molecule has 0 aliphatic heterocycles. The fraction of sp³-hybridized carbons (Fsp3) is 0.286. The molecule has 1 amide bonds. The van der Waals surface area contributed by atoms with Crippen molar-refractivity contribution in [3.63, 3.8) is 0 Å². The molecule has 0 spiro atoms. The second-order valence-corrected chi connectivity index (χ2v) is 5.65. The van der Waals surface area contributed by atoms with E-state index in [9.17, 15) is 4.79 Å². The molecule has 0 aliphatic rings. The molecule has 0 radical (unpaired) electrons. The van der Waals surface area contributed by atoms with Crippen molar-refractivity contribution in [3.8, 4) is 0 Å². The maximum Gasteiger partial charge on any atom is 0.228 e. The molecule has 1 heterocycles. The summed E-state index contributed by atoms with van der Waals surface area (Å²) in [5.74, 6) is 0.418. The molecular weight excluding hydrogens is 356 g/mol. The molecule has 1 unspecified atom stereocenters. The first-order valence-corrected chi connectivity index (χ1v) is 7.15. The monoisotopic (exact) mass is 372 g/mol. The van der Waals surface area contributed by atoms with Crippen molar-refractivity contribution >= 4 is 40.2 Å². The number of hydrogen-bond donors (Lipinski definition) is 2. The van der Waals surface area contributed by atoms with Crippen LogP contribution in [0.5, 0.6) is 0 Å². The highest BCUT2D eigenvalue weighted by Gasteiger charge is 2.09. The Kier molecular flexibility index (Phi) is 6.87. The fourth-order valence-corrected chi connectivity index (χ4v) is 2.08. The van der Waals surface area contributed by atoms with Gasteiger partial charge in [-0.1, -0.05) is 28.1 Å². The van der Waals surface area contributed by atoms with Crippen molar-refractivity contribution in [2.24, 2.45) is 5.73 Å². The van der Waals surface area contributed by atoms with E-state index in [1.807, 2.05) is 35.0 Å². The third-order valence-corrected chi connectivity index (χ3v) is 3.27. The van der Waals surface area contributed by atoms with Gasteiger partial charge >= 0.3 is 0 Å². The average molecular weight is 374 g/mol. The van der Waals surface area contributed by atoms with Crippen molar-refractivity contribution in [3.05, 3.63) is 46.7 Å². The lowest BCUT2D eigenvalue weighted by Crippen LogP contribution is -2.25. The number of hydrogen-bond acceptors (Lipinski definition) is 3. The zero-order chi connectivity index (χ0) is 14.5. The summed E-state index contributed by atoms with van der Waals surface area (Å²) in [5, 5.41) is 2.78. The lowest BCUT2D eigenvalue weighted by atomic mass is 10.2. The third kappa shape index (κ3) is 5.49. The highest BCUT2D eigenvalue weighted by molar-refractivity contribution is 9.10. The van der Waals surface area contributed by atoms with Gasteiger partial charge in [-0.05, 0) is 24.6 Å². The zero-order valence-electron chi connectivity index (χ0n) is 11.6. The Labute approximate surface area is 138 Å². The molecule has 0 saturated carbocycles. The second-order valence-electron chi connectivity index (χ2n) is 4.73. The normalized spacial score (nSPS) is 11.6. The van der Waals surface area contributed by atoms with Gasteiger partial charge in [-0.3, -0.25) is 10.1 Å². The fourth-order valence-electron chi connectivity index (χ4n) is 1.82. The van der Waals surface area contributed by atoms with Crippen LogP contribution in [0.1, 0.15) is 18.9 Å². The first-order valence-electron chi connectivity index (χ1n) is 6.35. The summed E-state index contributed by atoms with van der Waals surface area (Å²) in [5.41, 5.74) is 6.74. The average Bonchev–Trinajstić information content (AvgIpc) is 2.78. The van der Waals surface area contributed by atoms with Crippen molar-refractivity contribution in [1.82, 2.24) is 9.55 Å². The number of nitrogens with two attached hydrogens (primary N) is 1. The Morgan fingerprint density at radius 1 is 1.43 bits per heavy atom. The van der Waals surface area contributed by atoms with Gasteiger partial charge in [0, 0.05) is 29.3 Å². The first kappa shape index (κ1) is 17.7. The quantitative estimate of drug-likeness (QED) is 0.846. The molecule has 1 aromatic carbocycles. The molecule has 3 N–H and O–H groups in total. The van der Waals surface area contributed by atoms with Crippen LogP contribution in [0.3, 0.4) is 0 Å². The molecule has 2 rings (SSSR count). The van der Waals surface area contributed by atoms with Gasteiger partial charge in [0.15, 0.2) is 0 Å². The van der Waals surface area contributed by atoms with Crippen LogP contribution in [0.4, 0.5) is 5.95 Å². The number of rotatable bonds is 5. The van der Waals surface area contributed by atoms with Crippen molar-refractivity contribution < 1.29 is 4.79 Å². The van der Waals surface area contributed by atoms with Gasteiger partial charge in [-0.15, -0.1) is 12.4 Å². The van der Waals surface area contributed by atoms with Crippen LogP contribution in [0.25, 0.3) is 0 Å². The van der Waals surface area contributed by atoms with E-state index >= 15 is 0 Å².